The van der Waals surface area contributed by atoms with Crippen molar-refractivity contribution in [3.63, 3.8) is 0 Å². The van der Waals surface area contributed by atoms with E-state index in [1.165, 1.54) is 6.20 Å². The Kier molecular flexibility index (Phi) is 4.08. The van der Waals surface area contributed by atoms with Crippen molar-refractivity contribution in [1.82, 2.24) is 14.6 Å². The first-order chi connectivity index (χ1) is 13.0. The number of carbonyl (C=O) groups is 1. The molecule has 0 radical (unpaired) electrons. The van der Waals surface area contributed by atoms with Crippen LogP contribution in [0.1, 0.15) is 10.4 Å². The third kappa shape index (κ3) is 2.92. The van der Waals surface area contributed by atoms with Crippen LogP contribution in [0.15, 0.2) is 53.5 Å². The van der Waals surface area contributed by atoms with Gasteiger partial charge in [0.1, 0.15) is 11.2 Å². The van der Waals surface area contributed by atoms with E-state index in [1.807, 2.05) is 31.1 Å². The lowest BCUT2D eigenvalue weighted by atomic mass is 10.2. The molecule has 4 aromatic rings. The minimum Gasteiger partial charge on any atom is -0.376 e. The van der Waals surface area contributed by atoms with Crippen molar-refractivity contribution in [2.75, 3.05) is 24.3 Å². The van der Waals surface area contributed by atoms with Crippen LogP contribution in [-0.4, -0.2) is 34.6 Å². The van der Waals surface area contributed by atoms with E-state index < -0.39 is 0 Å². The van der Waals surface area contributed by atoms with Crippen molar-refractivity contribution in [2.24, 2.45) is 0 Å². The molecule has 2 N–H and O–H groups in total. The fourth-order valence-corrected chi connectivity index (χ4v) is 3.34. The number of hydrogen-bond donors (Lipinski definition) is 2. The monoisotopic (exact) mass is 381 g/mol. The molecular weight excluding hydrogens is 366 g/mol. The van der Waals surface area contributed by atoms with E-state index in [-0.39, 0.29) is 17.0 Å². The highest BCUT2D eigenvalue weighted by Crippen LogP contribution is 2.27. The third-order valence-electron chi connectivity index (χ3n) is 4.31. The van der Waals surface area contributed by atoms with Crippen molar-refractivity contribution < 1.29 is 4.79 Å². The number of fused-ring (bicyclic) bond motifs is 3. The topological polar surface area (TPSA) is 82.5 Å². The average Bonchev–Trinajstić information content (AvgIpc) is 3.06. The Bertz CT molecular complexity index is 1240. The number of H-pyrrole nitrogens is 1. The molecular formula is C19H16ClN5O2. The number of aromatic nitrogens is 3. The van der Waals surface area contributed by atoms with E-state index in [4.69, 9.17) is 11.6 Å². The number of halogens is 1. The maximum atomic E-state index is 12.7. The van der Waals surface area contributed by atoms with Crippen molar-refractivity contribution >= 4 is 45.4 Å². The van der Waals surface area contributed by atoms with E-state index in [0.717, 1.165) is 5.69 Å². The summed E-state index contributed by atoms with van der Waals surface area (Å²) < 4.78 is 1.55. The van der Waals surface area contributed by atoms with Crippen LogP contribution in [0.25, 0.3) is 16.6 Å². The summed E-state index contributed by atoms with van der Waals surface area (Å²) in [6, 6.07) is 12.4. The van der Waals surface area contributed by atoms with Gasteiger partial charge in [0.2, 0.25) is 0 Å². The molecule has 0 atom stereocenters. The standard InChI is InChI=1S/C19H16ClN5O2/c1-24(2)16-8-7-11(9-14(16)20)22-19(27)13-10-21-25-15-6-4-3-5-12(15)18(26)23-17(13)25/h3-10H,1-2H3,(H,22,27)(H,23,26). The number of aromatic amines is 1. The molecule has 2 aromatic carbocycles. The molecule has 0 aliphatic carbocycles. The predicted molar refractivity (Wildman–Crippen MR) is 107 cm³/mol. The summed E-state index contributed by atoms with van der Waals surface area (Å²) in [4.78, 5) is 29.7. The van der Waals surface area contributed by atoms with Crippen LogP contribution in [0.2, 0.25) is 5.02 Å². The van der Waals surface area contributed by atoms with Crippen LogP contribution in [0, 0.1) is 0 Å². The van der Waals surface area contributed by atoms with Crippen molar-refractivity contribution in [3.8, 4) is 0 Å². The average molecular weight is 382 g/mol. The molecule has 136 valence electrons. The summed E-state index contributed by atoms with van der Waals surface area (Å²) >= 11 is 6.26. The number of anilines is 2. The highest BCUT2D eigenvalue weighted by atomic mass is 35.5. The van der Waals surface area contributed by atoms with Gasteiger partial charge in [0.25, 0.3) is 11.5 Å². The van der Waals surface area contributed by atoms with Crippen LogP contribution < -0.4 is 15.8 Å². The lowest BCUT2D eigenvalue weighted by Gasteiger charge is -2.15. The second-order valence-electron chi connectivity index (χ2n) is 6.30. The lowest BCUT2D eigenvalue weighted by molar-refractivity contribution is 0.102. The van der Waals surface area contributed by atoms with Gasteiger partial charge >= 0.3 is 0 Å². The number of benzene rings is 2. The maximum absolute atomic E-state index is 12.7. The zero-order valence-electron chi connectivity index (χ0n) is 14.7. The van der Waals surface area contributed by atoms with Gasteiger partial charge in [-0.15, -0.1) is 0 Å². The van der Waals surface area contributed by atoms with E-state index in [9.17, 15) is 9.59 Å². The first-order valence-corrected chi connectivity index (χ1v) is 8.60. The normalized spacial score (nSPS) is 11.1. The number of hydrogen-bond acceptors (Lipinski definition) is 4. The second kappa shape index (κ2) is 6.44. The fraction of sp³-hybridized carbons (Fsp3) is 0.105. The van der Waals surface area contributed by atoms with Crippen LogP contribution in [0.4, 0.5) is 11.4 Å². The number of carbonyl (C=O) groups excluding carboxylic acids is 1. The third-order valence-corrected chi connectivity index (χ3v) is 4.61. The fourth-order valence-electron chi connectivity index (χ4n) is 2.99. The van der Waals surface area contributed by atoms with Gasteiger partial charge in [-0.25, -0.2) is 4.52 Å². The molecule has 1 amide bonds. The minimum absolute atomic E-state index is 0.269. The van der Waals surface area contributed by atoms with Gasteiger partial charge in [-0.05, 0) is 30.3 Å². The summed E-state index contributed by atoms with van der Waals surface area (Å²) in [5.74, 6) is -0.385. The van der Waals surface area contributed by atoms with Crippen LogP contribution in [-0.2, 0) is 0 Å². The van der Waals surface area contributed by atoms with Crippen molar-refractivity contribution in [1.29, 1.82) is 0 Å². The van der Waals surface area contributed by atoms with Crippen LogP contribution in [0.5, 0.6) is 0 Å². The van der Waals surface area contributed by atoms with Gasteiger partial charge in [0, 0.05) is 19.8 Å². The van der Waals surface area contributed by atoms with Crippen molar-refractivity contribution in [3.05, 3.63) is 69.6 Å². The highest BCUT2D eigenvalue weighted by Gasteiger charge is 2.17. The molecule has 8 heteroatoms. The van der Waals surface area contributed by atoms with Gasteiger partial charge < -0.3 is 15.2 Å². The molecule has 4 rings (SSSR count). The van der Waals surface area contributed by atoms with E-state index in [1.54, 1.807) is 34.8 Å². The molecule has 0 unspecified atom stereocenters. The first-order valence-electron chi connectivity index (χ1n) is 8.22. The molecule has 0 saturated heterocycles. The van der Waals surface area contributed by atoms with Gasteiger partial charge in [0.15, 0.2) is 0 Å². The molecule has 2 aromatic heterocycles. The van der Waals surface area contributed by atoms with Gasteiger partial charge in [-0.1, -0.05) is 23.7 Å². The van der Waals surface area contributed by atoms with Crippen LogP contribution >= 0.6 is 11.6 Å². The summed E-state index contributed by atoms with van der Waals surface area (Å²) in [5, 5.41) is 8.08. The zero-order chi connectivity index (χ0) is 19.1. The van der Waals surface area contributed by atoms with E-state index in [2.05, 4.69) is 15.4 Å². The molecule has 0 fully saturated rings. The molecule has 0 bridgehead atoms. The summed E-state index contributed by atoms with van der Waals surface area (Å²) in [6.07, 6.45) is 1.43. The number of nitrogens with zero attached hydrogens (tertiary/aromatic N) is 3. The van der Waals surface area contributed by atoms with Gasteiger partial charge in [0.05, 0.1) is 27.8 Å². The SMILES string of the molecule is CN(C)c1ccc(NC(=O)c2cnn3c2[nH]c(=O)c2ccccc23)cc1Cl. The molecule has 2 heterocycles. The van der Waals surface area contributed by atoms with Gasteiger partial charge in [-0.2, -0.15) is 5.10 Å². The highest BCUT2D eigenvalue weighted by molar-refractivity contribution is 6.33. The molecule has 27 heavy (non-hydrogen) atoms. The first kappa shape index (κ1) is 17.1. The smallest absolute Gasteiger partial charge is 0.261 e. The van der Waals surface area contributed by atoms with E-state index in [0.29, 0.717) is 27.3 Å². The molecule has 0 aliphatic heterocycles. The second-order valence-corrected chi connectivity index (χ2v) is 6.71. The van der Waals surface area contributed by atoms with Crippen LogP contribution in [0.3, 0.4) is 0 Å². The Balaban J connectivity index is 1.73. The Labute approximate surface area is 159 Å². The maximum Gasteiger partial charge on any atom is 0.261 e. The van der Waals surface area contributed by atoms with Gasteiger partial charge in [-0.3, -0.25) is 9.59 Å². The Morgan fingerprint density at radius 2 is 2.00 bits per heavy atom. The number of para-hydroxylation sites is 1. The Morgan fingerprint density at radius 1 is 1.22 bits per heavy atom. The lowest BCUT2D eigenvalue weighted by Crippen LogP contribution is -2.15. The zero-order valence-corrected chi connectivity index (χ0v) is 15.4. The number of nitrogens with one attached hydrogen (secondary N) is 2. The summed E-state index contributed by atoms with van der Waals surface area (Å²) in [5.41, 5.74) is 2.37. The van der Waals surface area contributed by atoms with Crippen molar-refractivity contribution in [2.45, 2.75) is 0 Å². The largest absolute Gasteiger partial charge is 0.376 e. The Hall–Kier alpha value is -3.32. The molecule has 0 spiro atoms. The summed E-state index contributed by atoms with van der Waals surface area (Å²) in [6.45, 7) is 0. The Morgan fingerprint density at radius 3 is 2.74 bits per heavy atom. The minimum atomic E-state index is -0.385. The summed E-state index contributed by atoms with van der Waals surface area (Å²) in [7, 11) is 3.78. The number of rotatable bonds is 3. The molecule has 7 nitrogen and oxygen atoms in total. The predicted octanol–water partition coefficient (Wildman–Crippen LogP) is 3.15. The van der Waals surface area contributed by atoms with E-state index >= 15 is 0 Å². The number of amides is 1. The molecule has 0 aliphatic rings. The quantitative estimate of drug-likeness (QED) is 0.571. The molecule has 0 saturated carbocycles.